The Bertz CT molecular complexity index is 507. The molecule has 1 aliphatic rings. The molecular formula is C18H30N2O3. The average Bonchev–Trinajstić information content (AvgIpc) is 3.07. The molecule has 1 atom stereocenters. The summed E-state index contributed by atoms with van der Waals surface area (Å²) < 4.78 is 16.5. The first-order chi connectivity index (χ1) is 11.2. The number of hydrogen-bond donors (Lipinski definition) is 0. The zero-order valence-corrected chi connectivity index (χ0v) is 15.1. The lowest BCUT2D eigenvalue weighted by Gasteiger charge is -2.28. The van der Waals surface area contributed by atoms with E-state index in [4.69, 9.17) is 14.2 Å². The normalized spacial score (nSPS) is 18.4. The lowest BCUT2D eigenvalue weighted by atomic mass is 10.1. The number of likely N-dealkylation sites (N-methyl/N-ethyl adjacent to an activating group) is 2. The minimum Gasteiger partial charge on any atom is -0.493 e. The fourth-order valence-electron chi connectivity index (χ4n) is 3.40. The first-order valence-electron chi connectivity index (χ1n) is 8.42. The van der Waals surface area contributed by atoms with Gasteiger partial charge in [0.15, 0.2) is 11.5 Å². The molecule has 0 saturated carbocycles. The highest BCUT2D eigenvalue weighted by Gasteiger charge is 2.27. The summed E-state index contributed by atoms with van der Waals surface area (Å²) in [4.78, 5) is 5.04. The van der Waals surface area contributed by atoms with Crippen LogP contribution in [0.4, 0.5) is 0 Å². The van der Waals surface area contributed by atoms with Gasteiger partial charge in [0.2, 0.25) is 5.75 Å². The van der Waals surface area contributed by atoms with Crippen LogP contribution in [0.5, 0.6) is 17.2 Å². The summed E-state index contributed by atoms with van der Waals surface area (Å²) in [5, 5.41) is 0. The number of rotatable bonds is 8. The molecule has 1 heterocycles. The summed E-state index contributed by atoms with van der Waals surface area (Å²) in [5.74, 6) is 2.15. The second-order valence-corrected chi connectivity index (χ2v) is 5.89. The van der Waals surface area contributed by atoms with Crippen LogP contribution in [0.15, 0.2) is 12.1 Å². The highest BCUT2D eigenvalue weighted by atomic mass is 16.5. The minimum atomic E-state index is 0.609. The molecule has 1 aromatic rings. The summed E-state index contributed by atoms with van der Waals surface area (Å²) in [6, 6.07) is 4.64. The zero-order valence-electron chi connectivity index (χ0n) is 15.1. The van der Waals surface area contributed by atoms with Crippen LogP contribution >= 0.6 is 0 Å². The Morgan fingerprint density at radius 1 is 1.09 bits per heavy atom. The highest BCUT2D eigenvalue weighted by Crippen LogP contribution is 2.40. The molecule has 1 saturated heterocycles. The standard InChI is InChI=1S/C18H30N2O3/c1-6-19-11-10-15(13-19)20(7-2)12-14-8-9-16(21-3)18(23-5)17(14)22-4/h8-9,15H,6-7,10-13H2,1-5H3. The maximum atomic E-state index is 5.62. The van der Waals surface area contributed by atoms with Crippen LogP contribution < -0.4 is 14.2 Å². The van der Waals surface area contributed by atoms with Gasteiger partial charge in [-0.25, -0.2) is 0 Å². The average molecular weight is 322 g/mol. The van der Waals surface area contributed by atoms with Crippen molar-refractivity contribution in [2.24, 2.45) is 0 Å². The summed E-state index contributed by atoms with van der Waals surface area (Å²) >= 11 is 0. The van der Waals surface area contributed by atoms with Crippen LogP contribution in [-0.4, -0.2) is 63.4 Å². The number of likely N-dealkylation sites (tertiary alicyclic amines) is 1. The molecule has 23 heavy (non-hydrogen) atoms. The van der Waals surface area contributed by atoms with Gasteiger partial charge in [0.25, 0.3) is 0 Å². The number of benzene rings is 1. The third-order valence-electron chi connectivity index (χ3n) is 4.78. The van der Waals surface area contributed by atoms with Crippen LogP contribution in [0.3, 0.4) is 0 Å². The molecule has 1 fully saturated rings. The first kappa shape index (κ1) is 17.9. The maximum absolute atomic E-state index is 5.62. The number of ether oxygens (including phenoxy) is 3. The number of methoxy groups -OCH3 is 3. The molecule has 1 aliphatic heterocycles. The van der Waals surface area contributed by atoms with Crippen molar-refractivity contribution in [3.05, 3.63) is 17.7 Å². The van der Waals surface area contributed by atoms with Gasteiger partial charge in [-0.3, -0.25) is 4.90 Å². The Labute approximate surface area is 140 Å². The summed E-state index contributed by atoms with van der Waals surface area (Å²) in [6.07, 6.45) is 1.23. The monoisotopic (exact) mass is 322 g/mol. The molecular weight excluding hydrogens is 292 g/mol. The van der Waals surface area contributed by atoms with E-state index in [2.05, 4.69) is 29.7 Å². The fraction of sp³-hybridized carbons (Fsp3) is 0.667. The molecule has 2 rings (SSSR count). The minimum absolute atomic E-state index is 0.609. The maximum Gasteiger partial charge on any atom is 0.203 e. The van der Waals surface area contributed by atoms with Crippen LogP contribution in [0.1, 0.15) is 25.8 Å². The summed E-state index contributed by atoms with van der Waals surface area (Å²) in [5.41, 5.74) is 1.14. The van der Waals surface area contributed by atoms with Gasteiger partial charge in [-0.2, -0.15) is 0 Å². The van der Waals surface area contributed by atoms with Crippen molar-refractivity contribution in [1.82, 2.24) is 9.80 Å². The molecule has 0 amide bonds. The Hall–Kier alpha value is -1.46. The highest BCUT2D eigenvalue weighted by molar-refractivity contribution is 5.55. The molecule has 0 aromatic heterocycles. The van der Waals surface area contributed by atoms with Crippen molar-refractivity contribution in [3.8, 4) is 17.2 Å². The second-order valence-electron chi connectivity index (χ2n) is 5.89. The number of nitrogens with zero attached hydrogens (tertiary/aromatic N) is 2. The van der Waals surface area contributed by atoms with Gasteiger partial charge in [0.05, 0.1) is 21.3 Å². The zero-order chi connectivity index (χ0) is 16.8. The van der Waals surface area contributed by atoms with E-state index in [-0.39, 0.29) is 0 Å². The van der Waals surface area contributed by atoms with E-state index in [0.29, 0.717) is 17.5 Å². The largest absolute Gasteiger partial charge is 0.493 e. The molecule has 130 valence electrons. The van der Waals surface area contributed by atoms with E-state index in [1.807, 2.05) is 6.07 Å². The van der Waals surface area contributed by atoms with Gasteiger partial charge in [-0.1, -0.05) is 19.9 Å². The molecule has 0 spiro atoms. The number of hydrogen-bond acceptors (Lipinski definition) is 5. The van der Waals surface area contributed by atoms with Crippen molar-refractivity contribution >= 4 is 0 Å². The lowest BCUT2D eigenvalue weighted by molar-refractivity contribution is 0.192. The quantitative estimate of drug-likeness (QED) is 0.735. The third-order valence-corrected chi connectivity index (χ3v) is 4.78. The van der Waals surface area contributed by atoms with Gasteiger partial charge in [0.1, 0.15) is 0 Å². The van der Waals surface area contributed by atoms with E-state index in [1.165, 1.54) is 13.0 Å². The Morgan fingerprint density at radius 3 is 2.35 bits per heavy atom. The lowest BCUT2D eigenvalue weighted by Crippen LogP contribution is -2.37. The fourth-order valence-corrected chi connectivity index (χ4v) is 3.40. The molecule has 5 heteroatoms. The predicted molar refractivity (Wildman–Crippen MR) is 92.7 cm³/mol. The molecule has 1 aromatic carbocycles. The Kier molecular flexibility index (Phi) is 6.54. The van der Waals surface area contributed by atoms with Gasteiger partial charge in [-0.15, -0.1) is 0 Å². The Morgan fingerprint density at radius 2 is 1.83 bits per heavy atom. The smallest absolute Gasteiger partial charge is 0.203 e. The van der Waals surface area contributed by atoms with Gasteiger partial charge in [0, 0.05) is 24.7 Å². The topological polar surface area (TPSA) is 34.2 Å². The van der Waals surface area contributed by atoms with Crippen molar-refractivity contribution in [1.29, 1.82) is 0 Å². The van der Waals surface area contributed by atoms with Gasteiger partial charge < -0.3 is 19.1 Å². The van der Waals surface area contributed by atoms with Crippen molar-refractivity contribution in [2.45, 2.75) is 32.9 Å². The molecule has 1 unspecified atom stereocenters. The van der Waals surface area contributed by atoms with Crippen molar-refractivity contribution in [3.63, 3.8) is 0 Å². The van der Waals surface area contributed by atoms with Crippen LogP contribution in [-0.2, 0) is 6.54 Å². The molecule has 5 nitrogen and oxygen atoms in total. The van der Waals surface area contributed by atoms with Crippen molar-refractivity contribution in [2.75, 3.05) is 47.5 Å². The SMILES string of the molecule is CCN1CCC(N(CC)Cc2ccc(OC)c(OC)c2OC)C1. The summed E-state index contributed by atoms with van der Waals surface area (Å²) in [6.45, 7) is 9.83. The van der Waals surface area contributed by atoms with E-state index in [0.717, 1.165) is 37.5 Å². The molecule has 0 aliphatic carbocycles. The van der Waals surface area contributed by atoms with Crippen LogP contribution in [0.2, 0.25) is 0 Å². The summed E-state index contributed by atoms with van der Waals surface area (Å²) in [7, 11) is 4.98. The molecule has 0 radical (unpaired) electrons. The predicted octanol–water partition coefficient (Wildman–Crippen LogP) is 2.63. The Balaban J connectivity index is 2.20. The molecule has 0 N–H and O–H groups in total. The van der Waals surface area contributed by atoms with Gasteiger partial charge >= 0.3 is 0 Å². The van der Waals surface area contributed by atoms with E-state index >= 15 is 0 Å². The van der Waals surface area contributed by atoms with E-state index in [1.54, 1.807) is 21.3 Å². The third kappa shape index (κ3) is 3.90. The van der Waals surface area contributed by atoms with Crippen LogP contribution in [0, 0.1) is 0 Å². The van der Waals surface area contributed by atoms with E-state index < -0.39 is 0 Å². The second kappa shape index (κ2) is 8.41. The van der Waals surface area contributed by atoms with E-state index in [9.17, 15) is 0 Å². The van der Waals surface area contributed by atoms with Crippen LogP contribution in [0.25, 0.3) is 0 Å². The molecule has 0 bridgehead atoms. The van der Waals surface area contributed by atoms with Crippen molar-refractivity contribution < 1.29 is 14.2 Å². The first-order valence-corrected chi connectivity index (χ1v) is 8.42. The van der Waals surface area contributed by atoms with Gasteiger partial charge in [-0.05, 0) is 32.1 Å².